The van der Waals surface area contributed by atoms with Gasteiger partial charge in [0.15, 0.2) is 6.10 Å². The van der Waals surface area contributed by atoms with Gasteiger partial charge in [-0.2, -0.15) is 0 Å². The Morgan fingerprint density at radius 2 is 2.33 bits per heavy atom. The molecule has 0 aliphatic carbocycles. The zero-order chi connectivity index (χ0) is 13.1. The molecule has 0 saturated heterocycles. The number of carbonyl (C=O) groups excluding carboxylic acids is 2. The molecule has 0 bridgehead atoms. The van der Waals surface area contributed by atoms with Crippen LogP contribution in [-0.2, 0) is 20.7 Å². The first-order chi connectivity index (χ1) is 8.60. The Morgan fingerprint density at radius 3 is 3.06 bits per heavy atom. The van der Waals surface area contributed by atoms with Crippen LogP contribution in [0.1, 0.15) is 5.56 Å². The molecule has 18 heavy (non-hydrogen) atoms. The molecule has 1 atom stereocenters. The maximum atomic E-state index is 11.7. The molecule has 2 rings (SSSR count). The Bertz CT molecular complexity index is 489. The summed E-state index contributed by atoms with van der Waals surface area (Å²) in [6.45, 7) is -0.160. The number of fused-ring (bicyclic) bond motifs is 1. The number of hydrogen-bond donors (Lipinski definition) is 1. The summed E-state index contributed by atoms with van der Waals surface area (Å²) in [5.41, 5.74) is 0.890. The molecule has 1 amide bonds. The molecular formula is C12H12ClNO4. The molecule has 1 aromatic carbocycles. The third-order valence-corrected chi connectivity index (χ3v) is 2.86. The Kier molecular flexibility index (Phi) is 3.72. The van der Waals surface area contributed by atoms with Gasteiger partial charge in [-0.15, -0.1) is 0 Å². The zero-order valence-electron chi connectivity index (χ0n) is 9.73. The summed E-state index contributed by atoms with van der Waals surface area (Å²) < 4.78 is 9.90. The highest BCUT2D eigenvalue weighted by atomic mass is 35.5. The quantitative estimate of drug-likeness (QED) is 0.829. The van der Waals surface area contributed by atoms with Gasteiger partial charge in [-0.1, -0.05) is 11.6 Å². The van der Waals surface area contributed by atoms with Crippen molar-refractivity contribution >= 4 is 23.5 Å². The first kappa shape index (κ1) is 12.7. The second kappa shape index (κ2) is 5.27. The van der Waals surface area contributed by atoms with Crippen LogP contribution in [0, 0.1) is 0 Å². The van der Waals surface area contributed by atoms with Crippen molar-refractivity contribution in [3.63, 3.8) is 0 Å². The summed E-state index contributed by atoms with van der Waals surface area (Å²) in [5.74, 6) is -0.188. The van der Waals surface area contributed by atoms with Crippen LogP contribution in [0.25, 0.3) is 0 Å². The number of hydrogen-bond acceptors (Lipinski definition) is 4. The van der Waals surface area contributed by atoms with Crippen LogP contribution >= 0.6 is 11.6 Å². The Morgan fingerprint density at radius 1 is 1.56 bits per heavy atom. The highest BCUT2D eigenvalue weighted by Gasteiger charge is 2.29. The van der Waals surface area contributed by atoms with Crippen LogP contribution < -0.4 is 10.1 Å². The van der Waals surface area contributed by atoms with Crippen molar-refractivity contribution in [2.75, 3.05) is 13.7 Å². The first-order valence-electron chi connectivity index (χ1n) is 5.40. The van der Waals surface area contributed by atoms with Crippen LogP contribution in [0.5, 0.6) is 5.75 Å². The van der Waals surface area contributed by atoms with E-state index in [1.807, 2.05) is 0 Å². The number of carbonyl (C=O) groups is 2. The van der Waals surface area contributed by atoms with Gasteiger partial charge in [0.2, 0.25) is 0 Å². The fourth-order valence-electron chi connectivity index (χ4n) is 1.71. The SMILES string of the molecule is COC(=O)CNC(=O)[C@@H]1Cc2cc(Cl)ccc2O1. The minimum absolute atomic E-state index is 0.160. The lowest BCUT2D eigenvalue weighted by Gasteiger charge is -2.10. The van der Waals surface area contributed by atoms with Gasteiger partial charge in [-0.05, 0) is 23.8 Å². The van der Waals surface area contributed by atoms with E-state index in [0.717, 1.165) is 5.56 Å². The Hall–Kier alpha value is -1.75. The largest absolute Gasteiger partial charge is 0.480 e. The number of amides is 1. The van der Waals surface area contributed by atoms with Crippen molar-refractivity contribution in [2.24, 2.45) is 0 Å². The highest BCUT2D eigenvalue weighted by Crippen LogP contribution is 2.30. The molecule has 0 fully saturated rings. The molecule has 5 nitrogen and oxygen atoms in total. The molecule has 0 spiro atoms. The molecule has 0 unspecified atom stereocenters. The summed E-state index contributed by atoms with van der Waals surface area (Å²) in [4.78, 5) is 22.6. The van der Waals surface area contributed by atoms with Crippen molar-refractivity contribution in [2.45, 2.75) is 12.5 Å². The van der Waals surface area contributed by atoms with E-state index in [1.54, 1.807) is 18.2 Å². The van der Waals surface area contributed by atoms with Crippen molar-refractivity contribution in [3.8, 4) is 5.75 Å². The first-order valence-corrected chi connectivity index (χ1v) is 5.77. The molecule has 1 aliphatic rings. The van der Waals surface area contributed by atoms with E-state index < -0.39 is 12.1 Å². The maximum Gasteiger partial charge on any atom is 0.325 e. The van der Waals surface area contributed by atoms with E-state index in [4.69, 9.17) is 16.3 Å². The van der Waals surface area contributed by atoms with Crippen molar-refractivity contribution < 1.29 is 19.1 Å². The smallest absolute Gasteiger partial charge is 0.325 e. The number of nitrogens with one attached hydrogen (secondary N) is 1. The van der Waals surface area contributed by atoms with Gasteiger partial charge in [-0.25, -0.2) is 0 Å². The number of rotatable bonds is 3. The predicted molar refractivity (Wildman–Crippen MR) is 64.6 cm³/mol. The van der Waals surface area contributed by atoms with Gasteiger partial charge < -0.3 is 14.8 Å². The number of benzene rings is 1. The molecule has 6 heteroatoms. The van der Waals surface area contributed by atoms with E-state index >= 15 is 0 Å². The summed E-state index contributed by atoms with van der Waals surface area (Å²) in [5, 5.41) is 3.06. The molecule has 1 aliphatic heterocycles. The molecule has 0 radical (unpaired) electrons. The molecule has 1 N–H and O–H groups in total. The van der Waals surface area contributed by atoms with E-state index in [0.29, 0.717) is 17.2 Å². The lowest BCUT2D eigenvalue weighted by atomic mass is 10.1. The number of halogens is 1. The van der Waals surface area contributed by atoms with Gasteiger partial charge in [0.05, 0.1) is 7.11 Å². The van der Waals surface area contributed by atoms with Crippen molar-refractivity contribution in [3.05, 3.63) is 28.8 Å². The minimum atomic E-state index is -0.622. The van der Waals surface area contributed by atoms with E-state index in [1.165, 1.54) is 7.11 Å². The predicted octanol–water partition coefficient (Wildman–Crippen LogP) is 0.933. The maximum absolute atomic E-state index is 11.7. The minimum Gasteiger partial charge on any atom is -0.480 e. The summed E-state index contributed by atoms with van der Waals surface area (Å²) in [6, 6.07) is 5.20. The van der Waals surface area contributed by atoms with Gasteiger partial charge in [0.25, 0.3) is 5.91 Å². The van der Waals surface area contributed by atoms with Crippen molar-refractivity contribution in [1.29, 1.82) is 0 Å². The van der Waals surface area contributed by atoms with E-state index in [9.17, 15) is 9.59 Å². The summed E-state index contributed by atoms with van der Waals surface area (Å²) >= 11 is 5.85. The molecule has 1 aromatic rings. The molecule has 1 heterocycles. The fraction of sp³-hybridized carbons (Fsp3) is 0.333. The molecule has 0 aromatic heterocycles. The Balaban J connectivity index is 1.94. The highest BCUT2D eigenvalue weighted by molar-refractivity contribution is 6.30. The van der Waals surface area contributed by atoms with Crippen LogP contribution in [0.4, 0.5) is 0 Å². The third-order valence-electron chi connectivity index (χ3n) is 2.62. The van der Waals surface area contributed by atoms with Crippen LogP contribution in [0.15, 0.2) is 18.2 Å². The Labute approximate surface area is 109 Å². The summed E-state index contributed by atoms with van der Waals surface area (Å²) in [6.07, 6.45) is -0.175. The van der Waals surface area contributed by atoms with Gasteiger partial charge in [0, 0.05) is 11.4 Å². The van der Waals surface area contributed by atoms with Gasteiger partial charge in [0.1, 0.15) is 12.3 Å². The monoisotopic (exact) mass is 269 g/mol. The lowest BCUT2D eigenvalue weighted by Crippen LogP contribution is -2.40. The van der Waals surface area contributed by atoms with Gasteiger partial charge in [-0.3, -0.25) is 9.59 Å². The molecular weight excluding hydrogens is 258 g/mol. The number of methoxy groups -OCH3 is 1. The second-order valence-electron chi connectivity index (χ2n) is 3.86. The number of ether oxygens (including phenoxy) is 2. The lowest BCUT2D eigenvalue weighted by molar-refractivity contribution is -0.141. The molecule has 0 saturated carbocycles. The summed E-state index contributed by atoms with van der Waals surface area (Å²) in [7, 11) is 1.26. The van der Waals surface area contributed by atoms with E-state index in [-0.39, 0.29) is 12.5 Å². The fourth-order valence-corrected chi connectivity index (χ4v) is 1.90. The molecule has 96 valence electrons. The third kappa shape index (κ3) is 2.73. The van der Waals surface area contributed by atoms with E-state index in [2.05, 4.69) is 10.1 Å². The number of esters is 1. The van der Waals surface area contributed by atoms with Gasteiger partial charge >= 0.3 is 5.97 Å². The second-order valence-corrected chi connectivity index (χ2v) is 4.29. The zero-order valence-corrected chi connectivity index (χ0v) is 10.5. The standard InChI is InChI=1S/C12H12ClNO4/c1-17-11(15)6-14-12(16)10-5-7-4-8(13)2-3-9(7)18-10/h2-4,10H,5-6H2,1H3,(H,14,16)/t10-/m0/s1. The van der Waals surface area contributed by atoms with Crippen LogP contribution in [0.3, 0.4) is 0 Å². The normalized spacial score (nSPS) is 16.7. The average molecular weight is 270 g/mol. The van der Waals surface area contributed by atoms with Crippen LogP contribution in [-0.4, -0.2) is 31.6 Å². The van der Waals surface area contributed by atoms with Crippen LogP contribution in [0.2, 0.25) is 5.02 Å². The topological polar surface area (TPSA) is 64.6 Å². The van der Waals surface area contributed by atoms with Crippen molar-refractivity contribution in [1.82, 2.24) is 5.32 Å². The average Bonchev–Trinajstić information content (AvgIpc) is 2.78.